The highest BCUT2D eigenvalue weighted by atomic mass is 32.1. The molecule has 4 nitrogen and oxygen atoms in total. The lowest BCUT2D eigenvalue weighted by Crippen LogP contribution is -2.34. The molecular weight excluding hydrogens is 186 g/mol. The standard InChI is InChI=1S/C8H13N3OS/c1-3-6(9)7(12)11-8-10-4-5(2)13-8/h4,6H,3,9H2,1-2H3,(H,10,11,12)/t6-/m0/s1. The van der Waals surface area contributed by atoms with E-state index in [0.717, 1.165) is 4.88 Å². The molecule has 3 N–H and O–H groups in total. The van der Waals surface area contributed by atoms with Crippen LogP contribution >= 0.6 is 11.3 Å². The number of aryl methyl sites for hydroxylation is 1. The molecule has 72 valence electrons. The lowest BCUT2D eigenvalue weighted by molar-refractivity contribution is -0.117. The van der Waals surface area contributed by atoms with Crippen LogP contribution < -0.4 is 11.1 Å². The van der Waals surface area contributed by atoms with Crippen molar-refractivity contribution >= 4 is 22.4 Å². The second-order valence-corrected chi connectivity index (χ2v) is 4.01. The van der Waals surface area contributed by atoms with Crippen LogP contribution in [0.25, 0.3) is 0 Å². The maximum Gasteiger partial charge on any atom is 0.243 e. The zero-order valence-electron chi connectivity index (χ0n) is 7.70. The third-order valence-corrected chi connectivity index (χ3v) is 2.46. The minimum absolute atomic E-state index is 0.170. The van der Waals surface area contributed by atoms with Crippen molar-refractivity contribution in [2.24, 2.45) is 5.73 Å². The highest BCUT2D eigenvalue weighted by Gasteiger charge is 2.11. The number of nitrogens with one attached hydrogen (secondary N) is 1. The molecule has 0 unspecified atom stereocenters. The molecule has 1 atom stereocenters. The highest BCUT2D eigenvalue weighted by molar-refractivity contribution is 7.15. The predicted molar refractivity (Wildman–Crippen MR) is 53.7 cm³/mol. The van der Waals surface area contributed by atoms with Crippen molar-refractivity contribution in [3.8, 4) is 0 Å². The summed E-state index contributed by atoms with van der Waals surface area (Å²) >= 11 is 1.45. The van der Waals surface area contributed by atoms with Gasteiger partial charge in [-0.3, -0.25) is 4.79 Å². The van der Waals surface area contributed by atoms with Gasteiger partial charge in [-0.25, -0.2) is 4.98 Å². The molecule has 13 heavy (non-hydrogen) atoms. The van der Waals surface area contributed by atoms with Crippen LogP contribution in [0.3, 0.4) is 0 Å². The van der Waals surface area contributed by atoms with Crippen LogP contribution in [0.1, 0.15) is 18.2 Å². The first-order chi connectivity index (χ1) is 6.13. The summed E-state index contributed by atoms with van der Waals surface area (Å²) in [5, 5.41) is 3.27. The fourth-order valence-corrected chi connectivity index (χ4v) is 1.46. The van der Waals surface area contributed by atoms with E-state index in [0.29, 0.717) is 11.6 Å². The van der Waals surface area contributed by atoms with Crippen LogP contribution in [0.2, 0.25) is 0 Å². The third-order valence-electron chi connectivity index (χ3n) is 1.63. The van der Waals surface area contributed by atoms with Crippen molar-refractivity contribution in [2.45, 2.75) is 26.3 Å². The highest BCUT2D eigenvalue weighted by Crippen LogP contribution is 2.16. The maximum absolute atomic E-state index is 11.3. The van der Waals surface area contributed by atoms with Gasteiger partial charge in [0.15, 0.2) is 5.13 Å². The first-order valence-corrected chi connectivity index (χ1v) is 4.94. The molecule has 0 fully saturated rings. The van der Waals surface area contributed by atoms with Crippen molar-refractivity contribution in [2.75, 3.05) is 5.32 Å². The SMILES string of the molecule is CC[C@H](N)C(=O)Nc1ncc(C)s1. The summed E-state index contributed by atoms with van der Waals surface area (Å²) in [6, 6.07) is -0.441. The number of amides is 1. The van der Waals surface area contributed by atoms with Crippen molar-refractivity contribution < 1.29 is 4.79 Å². The molecule has 1 aromatic rings. The molecule has 5 heteroatoms. The van der Waals surface area contributed by atoms with E-state index in [9.17, 15) is 4.79 Å². The van der Waals surface area contributed by atoms with Gasteiger partial charge in [0, 0.05) is 11.1 Å². The molecule has 1 heterocycles. The van der Waals surface area contributed by atoms with E-state index >= 15 is 0 Å². The van der Waals surface area contributed by atoms with Gasteiger partial charge in [0.1, 0.15) is 0 Å². The Balaban J connectivity index is 2.54. The number of nitrogens with two attached hydrogens (primary N) is 1. The monoisotopic (exact) mass is 199 g/mol. The summed E-state index contributed by atoms with van der Waals surface area (Å²) in [7, 11) is 0. The molecule has 0 saturated carbocycles. The number of anilines is 1. The van der Waals surface area contributed by atoms with Crippen LogP contribution in [-0.2, 0) is 4.79 Å². The summed E-state index contributed by atoms with van der Waals surface area (Å²) in [5.41, 5.74) is 5.54. The molecular formula is C8H13N3OS. The summed E-state index contributed by atoms with van der Waals surface area (Å²) in [4.78, 5) is 16.4. The van der Waals surface area contributed by atoms with Gasteiger partial charge >= 0.3 is 0 Å². The van der Waals surface area contributed by atoms with Crippen molar-refractivity contribution in [3.05, 3.63) is 11.1 Å². The van der Waals surface area contributed by atoms with Crippen molar-refractivity contribution in [1.82, 2.24) is 4.98 Å². The Morgan fingerprint density at radius 3 is 3.00 bits per heavy atom. The number of carbonyl (C=O) groups excluding carboxylic acids is 1. The van der Waals surface area contributed by atoms with Gasteiger partial charge in [-0.15, -0.1) is 11.3 Å². The molecule has 0 aromatic carbocycles. The minimum atomic E-state index is -0.441. The maximum atomic E-state index is 11.3. The minimum Gasteiger partial charge on any atom is -0.320 e. The Morgan fingerprint density at radius 1 is 1.85 bits per heavy atom. The smallest absolute Gasteiger partial charge is 0.243 e. The Labute approximate surface area is 81.2 Å². The lowest BCUT2D eigenvalue weighted by atomic mass is 10.2. The number of aromatic nitrogens is 1. The van der Waals surface area contributed by atoms with Gasteiger partial charge in [-0.05, 0) is 13.3 Å². The largest absolute Gasteiger partial charge is 0.320 e. The van der Waals surface area contributed by atoms with Crippen LogP contribution in [-0.4, -0.2) is 16.9 Å². The van der Waals surface area contributed by atoms with Crippen molar-refractivity contribution in [3.63, 3.8) is 0 Å². The molecule has 1 amide bonds. The van der Waals surface area contributed by atoms with Gasteiger partial charge in [0.2, 0.25) is 5.91 Å². The van der Waals surface area contributed by atoms with Gasteiger partial charge in [-0.2, -0.15) is 0 Å². The zero-order valence-corrected chi connectivity index (χ0v) is 8.52. The Bertz CT molecular complexity index is 297. The molecule has 1 aromatic heterocycles. The number of nitrogens with zero attached hydrogens (tertiary/aromatic N) is 1. The van der Waals surface area contributed by atoms with Gasteiger partial charge in [0.05, 0.1) is 6.04 Å². The molecule has 1 rings (SSSR count). The van der Waals surface area contributed by atoms with Crippen molar-refractivity contribution in [1.29, 1.82) is 0 Å². The van der Waals surface area contributed by atoms with Crippen LogP contribution in [0.15, 0.2) is 6.20 Å². The number of hydrogen-bond donors (Lipinski definition) is 2. The molecule has 0 bridgehead atoms. The van der Waals surface area contributed by atoms with Gasteiger partial charge in [-0.1, -0.05) is 6.92 Å². The van der Waals surface area contributed by atoms with Gasteiger partial charge < -0.3 is 11.1 Å². The zero-order chi connectivity index (χ0) is 9.84. The van der Waals surface area contributed by atoms with E-state index in [1.807, 2.05) is 13.8 Å². The van der Waals surface area contributed by atoms with E-state index in [-0.39, 0.29) is 5.91 Å². The second kappa shape index (κ2) is 4.34. The molecule has 0 saturated heterocycles. The second-order valence-electron chi connectivity index (χ2n) is 2.78. The predicted octanol–water partition coefficient (Wildman–Crippen LogP) is 1.13. The van der Waals surface area contributed by atoms with Crippen LogP contribution in [0, 0.1) is 6.92 Å². The van der Waals surface area contributed by atoms with E-state index < -0.39 is 6.04 Å². The summed E-state index contributed by atoms with van der Waals surface area (Å²) in [6.45, 7) is 3.81. The van der Waals surface area contributed by atoms with Crippen LogP contribution in [0.4, 0.5) is 5.13 Å². The topological polar surface area (TPSA) is 68.0 Å². The average molecular weight is 199 g/mol. The molecule has 0 radical (unpaired) electrons. The summed E-state index contributed by atoms with van der Waals surface area (Å²) in [6.07, 6.45) is 2.36. The fourth-order valence-electron chi connectivity index (χ4n) is 0.796. The quantitative estimate of drug-likeness (QED) is 0.766. The number of thiazole rings is 1. The molecule has 0 aliphatic rings. The molecule has 0 aliphatic heterocycles. The van der Waals surface area contributed by atoms with Crippen LogP contribution in [0.5, 0.6) is 0 Å². The molecule has 0 aliphatic carbocycles. The van der Waals surface area contributed by atoms with E-state index in [1.165, 1.54) is 11.3 Å². The summed E-state index contributed by atoms with van der Waals surface area (Å²) < 4.78 is 0. The summed E-state index contributed by atoms with van der Waals surface area (Å²) in [5.74, 6) is -0.170. The first-order valence-electron chi connectivity index (χ1n) is 4.12. The normalized spacial score (nSPS) is 12.5. The third kappa shape index (κ3) is 2.78. The average Bonchev–Trinajstić information content (AvgIpc) is 2.49. The Morgan fingerprint density at radius 2 is 2.54 bits per heavy atom. The van der Waals surface area contributed by atoms with E-state index in [4.69, 9.17) is 5.73 Å². The Hall–Kier alpha value is -0.940. The first kappa shape index (κ1) is 10.1. The number of carbonyl (C=O) groups is 1. The lowest BCUT2D eigenvalue weighted by Gasteiger charge is -2.06. The Kier molecular flexibility index (Phi) is 3.39. The number of hydrogen-bond acceptors (Lipinski definition) is 4. The molecule has 0 spiro atoms. The number of rotatable bonds is 3. The van der Waals surface area contributed by atoms with E-state index in [2.05, 4.69) is 10.3 Å². The van der Waals surface area contributed by atoms with E-state index in [1.54, 1.807) is 6.20 Å². The van der Waals surface area contributed by atoms with Gasteiger partial charge in [0.25, 0.3) is 0 Å². The fraction of sp³-hybridized carbons (Fsp3) is 0.500.